The third-order valence-electron chi connectivity index (χ3n) is 2.57. The lowest BCUT2D eigenvalue weighted by molar-refractivity contribution is 0.728. The maximum Gasteiger partial charge on any atom is 0.250 e. The van der Waals surface area contributed by atoms with Crippen LogP contribution in [0.3, 0.4) is 0 Å². The maximum absolute atomic E-state index is 11.4. The third-order valence-corrected chi connectivity index (χ3v) is 2.57. The second kappa shape index (κ2) is 4.31. The molecule has 0 saturated heterocycles. The van der Waals surface area contributed by atoms with Crippen LogP contribution in [0, 0.1) is 6.92 Å². The van der Waals surface area contributed by atoms with Gasteiger partial charge in [-0.1, -0.05) is 6.07 Å². The molecule has 3 heteroatoms. The minimum atomic E-state index is 0.0336. The van der Waals surface area contributed by atoms with Gasteiger partial charge in [-0.15, -0.1) is 0 Å². The molecule has 82 valence electrons. The molecule has 0 aromatic carbocycles. The van der Waals surface area contributed by atoms with Crippen LogP contribution in [0.15, 0.2) is 41.5 Å². The molecule has 2 aromatic heterocycles. The molecule has 2 aromatic rings. The third kappa shape index (κ3) is 2.03. The van der Waals surface area contributed by atoms with Gasteiger partial charge in [-0.25, -0.2) is 0 Å². The molecule has 16 heavy (non-hydrogen) atoms. The van der Waals surface area contributed by atoms with Crippen molar-refractivity contribution in [1.29, 1.82) is 0 Å². The fourth-order valence-electron chi connectivity index (χ4n) is 1.59. The summed E-state index contributed by atoms with van der Waals surface area (Å²) in [4.78, 5) is 15.7. The van der Waals surface area contributed by atoms with Gasteiger partial charge in [0.2, 0.25) is 0 Å². The Labute approximate surface area is 94.4 Å². The monoisotopic (exact) mass is 214 g/mol. The Morgan fingerprint density at radius 3 is 2.56 bits per heavy atom. The zero-order chi connectivity index (χ0) is 11.5. The molecular weight excluding hydrogens is 200 g/mol. The van der Waals surface area contributed by atoms with Gasteiger partial charge in [0.15, 0.2) is 0 Å². The first kappa shape index (κ1) is 10.6. The first-order valence-corrected chi connectivity index (χ1v) is 5.34. The number of rotatable bonds is 2. The fourth-order valence-corrected chi connectivity index (χ4v) is 1.59. The smallest absolute Gasteiger partial charge is 0.250 e. The topological polar surface area (TPSA) is 34.9 Å². The standard InChI is InChI=1S/C13H14N2O/c1-3-15-9-12(6-7-13(15)16)11-5-4-10(2)14-8-11/h4-9H,3H2,1-2H3. The van der Waals surface area contributed by atoms with Crippen molar-refractivity contribution >= 4 is 0 Å². The number of hydrogen-bond donors (Lipinski definition) is 0. The lowest BCUT2D eigenvalue weighted by atomic mass is 10.1. The number of aryl methyl sites for hydroxylation is 2. The summed E-state index contributed by atoms with van der Waals surface area (Å²) in [6.07, 6.45) is 3.70. The number of nitrogens with zero attached hydrogens (tertiary/aromatic N) is 2. The van der Waals surface area contributed by atoms with E-state index >= 15 is 0 Å². The average molecular weight is 214 g/mol. The summed E-state index contributed by atoms with van der Waals surface area (Å²) in [6, 6.07) is 7.42. The lowest BCUT2D eigenvalue weighted by Gasteiger charge is -2.05. The van der Waals surface area contributed by atoms with Gasteiger partial charge in [0, 0.05) is 36.3 Å². The van der Waals surface area contributed by atoms with E-state index in [-0.39, 0.29) is 5.56 Å². The van der Waals surface area contributed by atoms with Crippen molar-refractivity contribution in [1.82, 2.24) is 9.55 Å². The van der Waals surface area contributed by atoms with Crippen molar-refractivity contribution in [2.45, 2.75) is 20.4 Å². The van der Waals surface area contributed by atoms with E-state index in [2.05, 4.69) is 4.98 Å². The molecule has 2 rings (SSSR count). The molecule has 0 aliphatic carbocycles. The van der Waals surface area contributed by atoms with Crippen molar-refractivity contribution in [3.05, 3.63) is 52.7 Å². The van der Waals surface area contributed by atoms with E-state index in [0.717, 1.165) is 16.8 Å². The Balaban J connectivity index is 2.48. The van der Waals surface area contributed by atoms with E-state index < -0.39 is 0 Å². The SMILES string of the molecule is CCn1cc(-c2ccc(C)nc2)ccc1=O. The molecule has 0 atom stereocenters. The summed E-state index contributed by atoms with van der Waals surface area (Å²) in [7, 11) is 0. The number of aromatic nitrogens is 2. The van der Waals surface area contributed by atoms with Crippen LogP contribution in [-0.4, -0.2) is 9.55 Å². The minimum Gasteiger partial charge on any atom is -0.315 e. The summed E-state index contributed by atoms with van der Waals surface area (Å²) < 4.78 is 1.69. The summed E-state index contributed by atoms with van der Waals surface area (Å²) in [5, 5.41) is 0. The number of hydrogen-bond acceptors (Lipinski definition) is 2. The minimum absolute atomic E-state index is 0.0336. The van der Waals surface area contributed by atoms with Gasteiger partial charge in [-0.3, -0.25) is 9.78 Å². The predicted molar refractivity (Wildman–Crippen MR) is 64.3 cm³/mol. The summed E-state index contributed by atoms with van der Waals surface area (Å²) in [5.74, 6) is 0. The summed E-state index contributed by atoms with van der Waals surface area (Å²) in [6.45, 7) is 4.60. The van der Waals surface area contributed by atoms with Crippen LogP contribution in [0.4, 0.5) is 0 Å². The van der Waals surface area contributed by atoms with Crippen LogP contribution < -0.4 is 5.56 Å². The Morgan fingerprint density at radius 2 is 1.94 bits per heavy atom. The van der Waals surface area contributed by atoms with Gasteiger partial charge in [-0.2, -0.15) is 0 Å². The Morgan fingerprint density at radius 1 is 1.19 bits per heavy atom. The van der Waals surface area contributed by atoms with Crippen molar-refractivity contribution in [2.75, 3.05) is 0 Å². The predicted octanol–water partition coefficient (Wildman–Crippen LogP) is 2.24. The van der Waals surface area contributed by atoms with Crippen molar-refractivity contribution in [3.8, 4) is 11.1 Å². The highest BCUT2D eigenvalue weighted by Crippen LogP contribution is 2.16. The molecule has 0 aliphatic rings. The van der Waals surface area contributed by atoms with Crippen LogP contribution >= 0.6 is 0 Å². The zero-order valence-electron chi connectivity index (χ0n) is 9.47. The van der Waals surface area contributed by atoms with Gasteiger partial charge in [0.05, 0.1) is 0 Å². The molecule has 0 spiro atoms. The molecule has 0 radical (unpaired) electrons. The van der Waals surface area contributed by atoms with Crippen molar-refractivity contribution in [3.63, 3.8) is 0 Å². The zero-order valence-corrected chi connectivity index (χ0v) is 9.47. The molecule has 3 nitrogen and oxygen atoms in total. The Hall–Kier alpha value is -1.90. The fraction of sp³-hybridized carbons (Fsp3) is 0.231. The van der Waals surface area contributed by atoms with E-state index in [1.165, 1.54) is 0 Å². The largest absolute Gasteiger partial charge is 0.315 e. The Bertz CT molecular complexity index is 541. The number of pyridine rings is 2. The Kier molecular flexibility index (Phi) is 2.86. The van der Waals surface area contributed by atoms with E-state index in [0.29, 0.717) is 6.54 Å². The van der Waals surface area contributed by atoms with Gasteiger partial charge in [0.1, 0.15) is 0 Å². The van der Waals surface area contributed by atoms with E-state index in [4.69, 9.17) is 0 Å². The molecule has 0 fully saturated rings. The summed E-state index contributed by atoms with van der Waals surface area (Å²) >= 11 is 0. The van der Waals surface area contributed by atoms with Crippen LogP contribution in [0.1, 0.15) is 12.6 Å². The van der Waals surface area contributed by atoms with Crippen LogP contribution in [-0.2, 0) is 6.54 Å². The second-order valence-electron chi connectivity index (χ2n) is 3.73. The molecule has 0 unspecified atom stereocenters. The molecule has 2 heterocycles. The second-order valence-corrected chi connectivity index (χ2v) is 3.73. The molecule has 0 aliphatic heterocycles. The van der Waals surface area contributed by atoms with E-state index in [1.807, 2.05) is 44.4 Å². The molecular formula is C13H14N2O. The first-order chi connectivity index (χ1) is 7.70. The molecule has 0 N–H and O–H groups in total. The highest BCUT2D eigenvalue weighted by atomic mass is 16.1. The highest BCUT2D eigenvalue weighted by Gasteiger charge is 2.00. The van der Waals surface area contributed by atoms with Crippen LogP contribution in [0.25, 0.3) is 11.1 Å². The molecule has 0 bridgehead atoms. The van der Waals surface area contributed by atoms with E-state index in [1.54, 1.807) is 10.6 Å². The van der Waals surface area contributed by atoms with Crippen LogP contribution in [0.5, 0.6) is 0 Å². The van der Waals surface area contributed by atoms with Crippen LogP contribution in [0.2, 0.25) is 0 Å². The summed E-state index contributed by atoms with van der Waals surface area (Å²) in [5.41, 5.74) is 3.08. The van der Waals surface area contributed by atoms with Gasteiger partial charge in [-0.05, 0) is 31.5 Å². The van der Waals surface area contributed by atoms with Crippen molar-refractivity contribution in [2.24, 2.45) is 0 Å². The quantitative estimate of drug-likeness (QED) is 0.768. The molecule has 0 saturated carbocycles. The normalized spacial score (nSPS) is 10.4. The lowest BCUT2D eigenvalue weighted by Crippen LogP contribution is -2.16. The van der Waals surface area contributed by atoms with Crippen molar-refractivity contribution < 1.29 is 0 Å². The van der Waals surface area contributed by atoms with Gasteiger partial charge < -0.3 is 4.57 Å². The average Bonchev–Trinajstić information content (AvgIpc) is 2.31. The van der Waals surface area contributed by atoms with Gasteiger partial charge in [0.25, 0.3) is 5.56 Å². The van der Waals surface area contributed by atoms with E-state index in [9.17, 15) is 4.79 Å². The maximum atomic E-state index is 11.4. The first-order valence-electron chi connectivity index (χ1n) is 5.34. The van der Waals surface area contributed by atoms with Gasteiger partial charge >= 0.3 is 0 Å². The highest BCUT2D eigenvalue weighted by molar-refractivity contribution is 5.61. The molecule has 0 amide bonds.